The van der Waals surface area contributed by atoms with E-state index in [2.05, 4.69) is 46.5 Å². The quantitative estimate of drug-likeness (QED) is 0.808. The molecule has 0 aromatic heterocycles. The number of hydrogen-bond donors (Lipinski definition) is 2. The summed E-state index contributed by atoms with van der Waals surface area (Å²) in [5.74, 6) is 0.583. The first-order valence-electron chi connectivity index (χ1n) is 9.13. The Morgan fingerprint density at radius 1 is 1.23 bits per heavy atom. The van der Waals surface area contributed by atoms with Gasteiger partial charge in [0.05, 0.1) is 0 Å². The van der Waals surface area contributed by atoms with Gasteiger partial charge in [-0.05, 0) is 43.6 Å². The van der Waals surface area contributed by atoms with E-state index in [1.54, 1.807) is 0 Å². The van der Waals surface area contributed by atoms with Crippen LogP contribution in [0.3, 0.4) is 0 Å². The maximum Gasteiger partial charge on any atom is 0.251 e. The lowest BCUT2D eigenvalue weighted by Crippen LogP contribution is -2.50. The van der Waals surface area contributed by atoms with Crippen molar-refractivity contribution in [3.05, 3.63) is 35.4 Å². The predicted molar refractivity (Wildman–Crippen MR) is 112 cm³/mol. The van der Waals surface area contributed by atoms with E-state index in [4.69, 9.17) is 0 Å². The van der Waals surface area contributed by atoms with Crippen LogP contribution in [0, 0.1) is 5.92 Å². The summed E-state index contributed by atoms with van der Waals surface area (Å²) in [4.78, 5) is 17.4. The zero-order valence-electron chi connectivity index (χ0n) is 15.7. The van der Waals surface area contributed by atoms with Gasteiger partial charge in [0.25, 0.3) is 5.91 Å². The maximum atomic E-state index is 12.6. The molecule has 2 unspecified atom stereocenters. The summed E-state index contributed by atoms with van der Waals surface area (Å²) in [7, 11) is 2.17. The molecule has 0 radical (unpaired) electrons. The van der Waals surface area contributed by atoms with E-state index in [1.165, 1.54) is 5.56 Å². The van der Waals surface area contributed by atoms with Crippen molar-refractivity contribution in [2.45, 2.75) is 25.9 Å². The molecule has 0 bridgehead atoms. The molecule has 1 aromatic carbocycles. The number of rotatable bonds is 4. The van der Waals surface area contributed by atoms with Gasteiger partial charge in [-0.15, -0.1) is 24.8 Å². The molecule has 0 spiro atoms. The van der Waals surface area contributed by atoms with Crippen molar-refractivity contribution in [3.8, 4) is 0 Å². The Hall–Kier alpha value is -0.850. The minimum Gasteiger partial charge on any atom is -0.348 e. The molecule has 26 heavy (non-hydrogen) atoms. The van der Waals surface area contributed by atoms with E-state index in [0.29, 0.717) is 5.92 Å². The van der Waals surface area contributed by atoms with Crippen LogP contribution in [-0.2, 0) is 6.54 Å². The number of halogens is 2. The van der Waals surface area contributed by atoms with Gasteiger partial charge in [0.1, 0.15) is 0 Å². The first-order chi connectivity index (χ1) is 11.6. The van der Waals surface area contributed by atoms with Crippen LogP contribution in [0.25, 0.3) is 0 Å². The lowest BCUT2D eigenvalue weighted by molar-refractivity contribution is 0.0915. The predicted octanol–water partition coefficient (Wildman–Crippen LogP) is 2.01. The van der Waals surface area contributed by atoms with Gasteiger partial charge in [-0.2, -0.15) is 0 Å². The van der Waals surface area contributed by atoms with E-state index in [9.17, 15) is 4.79 Å². The molecule has 0 aliphatic carbocycles. The first kappa shape index (κ1) is 23.2. The van der Waals surface area contributed by atoms with E-state index in [0.717, 1.165) is 57.8 Å². The highest BCUT2D eigenvalue weighted by Crippen LogP contribution is 2.14. The summed E-state index contributed by atoms with van der Waals surface area (Å²) >= 11 is 0. The number of hydrogen-bond acceptors (Lipinski definition) is 4. The van der Waals surface area contributed by atoms with Gasteiger partial charge < -0.3 is 15.5 Å². The molecule has 2 aliphatic heterocycles. The van der Waals surface area contributed by atoms with Gasteiger partial charge in [-0.3, -0.25) is 9.69 Å². The third-order valence-electron chi connectivity index (χ3n) is 5.34. The third kappa shape index (κ3) is 6.39. The summed E-state index contributed by atoms with van der Waals surface area (Å²) in [5.41, 5.74) is 2.00. The van der Waals surface area contributed by atoms with E-state index >= 15 is 0 Å². The van der Waals surface area contributed by atoms with Crippen molar-refractivity contribution in [1.29, 1.82) is 0 Å². The number of nitrogens with zero attached hydrogens (tertiary/aromatic N) is 2. The Kier molecular flexibility index (Phi) is 9.90. The highest BCUT2D eigenvalue weighted by molar-refractivity contribution is 5.94. The maximum absolute atomic E-state index is 12.6. The number of likely N-dealkylation sites (N-methyl/N-ethyl adjacent to an activating group) is 1. The summed E-state index contributed by atoms with van der Waals surface area (Å²) in [6.07, 6.45) is 1.12. The number of piperazine rings is 1. The second-order valence-electron chi connectivity index (χ2n) is 7.33. The zero-order chi connectivity index (χ0) is 16.9. The Bertz CT molecular complexity index is 564. The standard InChI is InChI=1S/C19H30N4O.2ClH/c1-15-6-7-20-13-18(15)21-19(24)17-5-3-4-16(12-17)14-23-10-8-22(2)9-11-23;;/h3-5,12,15,18,20H,6-11,13-14H2,1-2H3,(H,21,24);2*1H. The minimum atomic E-state index is 0. The van der Waals surface area contributed by atoms with Gasteiger partial charge in [0.15, 0.2) is 0 Å². The average Bonchev–Trinajstić information content (AvgIpc) is 2.59. The van der Waals surface area contributed by atoms with Crippen molar-refractivity contribution in [2.24, 2.45) is 5.92 Å². The number of nitrogens with one attached hydrogen (secondary N) is 2. The summed E-state index contributed by atoms with van der Waals surface area (Å²) in [5, 5.41) is 6.57. The fraction of sp³-hybridized carbons (Fsp3) is 0.632. The van der Waals surface area contributed by atoms with Gasteiger partial charge in [-0.25, -0.2) is 0 Å². The van der Waals surface area contributed by atoms with Crippen molar-refractivity contribution < 1.29 is 4.79 Å². The van der Waals surface area contributed by atoms with Crippen LogP contribution >= 0.6 is 24.8 Å². The molecule has 1 aromatic rings. The molecule has 1 amide bonds. The largest absolute Gasteiger partial charge is 0.348 e. The zero-order valence-corrected chi connectivity index (χ0v) is 17.4. The second kappa shape index (κ2) is 11.1. The number of amides is 1. The topological polar surface area (TPSA) is 47.6 Å². The van der Waals surface area contributed by atoms with Crippen molar-refractivity contribution in [1.82, 2.24) is 20.4 Å². The van der Waals surface area contributed by atoms with Gasteiger partial charge in [-0.1, -0.05) is 19.1 Å². The molecule has 2 N–H and O–H groups in total. The normalized spacial score (nSPS) is 24.2. The third-order valence-corrected chi connectivity index (χ3v) is 5.34. The van der Waals surface area contributed by atoms with Crippen LogP contribution in [0.4, 0.5) is 0 Å². The molecule has 2 fully saturated rings. The summed E-state index contributed by atoms with van der Waals surface area (Å²) in [6.45, 7) is 9.49. The SMILES string of the molecule is CC1CCNCC1NC(=O)c1cccc(CN2CCN(C)CC2)c1.Cl.Cl. The molecule has 3 rings (SSSR count). The number of carbonyl (C=O) groups is 1. The van der Waals surface area contributed by atoms with Gasteiger partial charge in [0, 0.05) is 50.9 Å². The molecule has 5 nitrogen and oxygen atoms in total. The van der Waals surface area contributed by atoms with Gasteiger partial charge >= 0.3 is 0 Å². The van der Waals surface area contributed by atoms with E-state index in [1.807, 2.05) is 12.1 Å². The van der Waals surface area contributed by atoms with E-state index in [-0.39, 0.29) is 36.8 Å². The van der Waals surface area contributed by atoms with Crippen LogP contribution < -0.4 is 10.6 Å². The highest BCUT2D eigenvalue weighted by Gasteiger charge is 2.23. The van der Waals surface area contributed by atoms with Crippen LogP contribution in [0.5, 0.6) is 0 Å². The Morgan fingerprint density at radius 3 is 2.65 bits per heavy atom. The number of benzene rings is 1. The minimum absolute atomic E-state index is 0. The molecular formula is C19H32Cl2N4O. The molecular weight excluding hydrogens is 371 g/mol. The van der Waals surface area contributed by atoms with E-state index < -0.39 is 0 Å². The molecule has 2 atom stereocenters. The van der Waals surface area contributed by atoms with Crippen molar-refractivity contribution in [3.63, 3.8) is 0 Å². The molecule has 2 heterocycles. The van der Waals surface area contributed by atoms with Crippen LogP contribution in [0.1, 0.15) is 29.3 Å². The van der Waals surface area contributed by atoms with Crippen LogP contribution in [0.15, 0.2) is 24.3 Å². The second-order valence-corrected chi connectivity index (χ2v) is 7.33. The van der Waals surface area contributed by atoms with Gasteiger partial charge in [0.2, 0.25) is 0 Å². The molecule has 2 saturated heterocycles. The monoisotopic (exact) mass is 402 g/mol. The van der Waals surface area contributed by atoms with Crippen LogP contribution in [0.2, 0.25) is 0 Å². The lowest BCUT2D eigenvalue weighted by Gasteiger charge is -2.32. The fourth-order valence-electron chi connectivity index (χ4n) is 3.51. The Morgan fingerprint density at radius 2 is 1.96 bits per heavy atom. The molecule has 7 heteroatoms. The number of piperidine rings is 1. The van der Waals surface area contributed by atoms with Crippen molar-refractivity contribution in [2.75, 3.05) is 46.3 Å². The first-order valence-corrected chi connectivity index (χ1v) is 9.13. The van der Waals surface area contributed by atoms with Crippen molar-refractivity contribution >= 4 is 30.7 Å². The Labute approximate surface area is 169 Å². The van der Waals surface area contributed by atoms with Crippen LogP contribution in [-0.4, -0.2) is 68.1 Å². The molecule has 148 valence electrons. The smallest absolute Gasteiger partial charge is 0.251 e. The summed E-state index contributed by atoms with van der Waals surface area (Å²) in [6, 6.07) is 8.33. The highest BCUT2D eigenvalue weighted by atomic mass is 35.5. The molecule has 2 aliphatic rings. The fourth-order valence-corrected chi connectivity index (χ4v) is 3.51. The Balaban J connectivity index is 0.00000169. The molecule has 0 saturated carbocycles. The average molecular weight is 403 g/mol. The number of carbonyl (C=O) groups excluding carboxylic acids is 1. The lowest BCUT2D eigenvalue weighted by atomic mass is 9.94. The summed E-state index contributed by atoms with van der Waals surface area (Å²) < 4.78 is 0.